The third-order valence-electron chi connectivity index (χ3n) is 2.67. The number of H-pyrrole nitrogens is 2. The van der Waals surface area contributed by atoms with Crippen LogP contribution in [-0.2, 0) is 11.2 Å². The first-order valence-electron chi connectivity index (χ1n) is 5.33. The second-order valence-electron chi connectivity index (χ2n) is 4.07. The van der Waals surface area contributed by atoms with E-state index in [4.69, 9.17) is 0 Å². The van der Waals surface area contributed by atoms with E-state index in [0.717, 1.165) is 0 Å². The van der Waals surface area contributed by atoms with Crippen LogP contribution in [0.15, 0.2) is 15.7 Å². The number of hydrogen-bond acceptors (Lipinski definition) is 4. The molecule has 2 rings (SSSR count). The van der Waals surface area contributed by atoms with E-state index in [1.54, 1.807) is 0 Å². The molecule has 2 heterocycles. The Labute approximate surface area is 96.1 Å². The van der Waals surface area contributed by atoms with Gasteiger partial charge in [-0.25, -0.2) is 4.79 Å². The molecule has 1 saturated heterocycles. The van der Waals surface area contributed by atoms with Crippen molar-refractivity contribution in [3.8, 4) is 0 Å². The van der Waals surface area contributed by atoms with Gasteiger partial charge in [0.15, 0.2) is 0 Å². The fourth-order valence-electron chi connectivity index (χ4n) is 1.86. The number of aliphatic hydroxyl groups excluding tert-OH is 1. The zero-order valence-corrected chi connectivity index (χ0v) is 9.10. The van der Waals surface area contributed by atoms with E-state index in [9.17, 15) is 19.5 Å². The Morgan fingerprint density at radius 1 is 1.47 bits per heavy atom. The van der Waals surface area contributed by atoms with Crippen molar-refractivity contribution in [3.05, 3.63) is 32.6 Å². The number of aliphatic hydroxyl groups is 1. The molecule has 0 saturated carbocycles. The Bertz CT molecular complexity index is 505. The quantitative estimate of drug-likeness (QED) is 0.566. The van der Waals surface area contributed by atoms with Crippen LogP contribution in [0.25, 0.3) is 0 Å². The molecule has 3 N–H and O–H groups in total. The Balaban J connectivity index is 2.08. The number of aromatic amines is 2. The Morgan fingerprint density at radius 3 is 2.82 bits per heavy atom. The fourth-order valence-corrected chi connectivity index (χ4v) is 1.86. The highest BCUT2D eigenvalue weighted by Gasteiger charge is 2.24. The third-order valence-corrected chi connectivity index (χ3v) is 2.67. The maximum atomic E-state index is 11.8. The highest BCUT2D eigenvalue weighted by Crippen LogP contribution is 2.09. The number of β-amino-alcohol motifs (C(OH)–C–C–N with tert-alkyl or cyclic N) is 1. The Kier molecular flexibility index (Phi) is 3.10. The topological polar surface area (TPSA) is 106 Å². The van der Waals surface area contributed by atoms with Gasteiger partial charge in [0.25, 0.3) is 5.56 Å². The fraction of sp³-hybridized carbons (Fsp3) is 0.500. The molecule has 1 aliphatic rings. The molecule has 0 radical (unpaired) electrons. The molecule has 1 aliphatic heterocycles. The first kappa shape index (κ1) is 11.6. The van der Waals surface area contributed by atoms with Crippen molar-refractivity contribution < 1.29 is 9.90 Å². The molecule has 1 aromatic rings. The van der Waals surface area contributed by atoms with Gasteiger partial charge in [0.2, 0.25) is 5.91 Å². The van der Waals surface area contributed by atoms with E-state index in [2.05, 4.69) is 4.98 Å². The molecule has 92 valence electrons. The van der Waals surface area contributed by atoms with Crippen molar-refractivity contribution in [2.45, 2.75) is 18.9 Å². The first-order chi connectivity index (χ1) is 8.04. The SMILES string of the molecule is O=C(Cc1cc(=O)[nH]c(=O)[nH]1)N1CC[C@@H](O)C1. The van der Waals surface area contributed by atoms with Crippen LogP contribution in [0.1, 0.15) is 12.1 Å². The second kappa shape index (κ2) is 4.54. The lowest BCUT2D eigenvalue weighted by molar-refractivity contribution is -0.129. The smallest absolute Gasteiger partial charge is 0.325 e. The van der Waals surface area contributed by atoms with Crippen molar-refractivity contribution in [1.82, 2.24) is 14.9 Å². The summed E-state index contributed by atoms with van der Waals surface area (Å²) in [6, 6.07) is 1.19. The van der Waals surface area contributed by atoms with E-state index in [1.165, 1.54) is 11.0 Å². The molecule has 0 aliphatic carbocycles. The van der Waals surface area contributed by atoms with Crippen molar-refractivity contribution in [3.63, 3.8) is 0 Å². The number of nitrogens with zero attached hydrogens (tertiary/aromatic N) is 1. The standard InChI is InChI=1S/C10H13N3O4/c14-7-1-2-13(5-7)9(16)4-6-3-8(15)12-10(17)11-6/h3,7,14H,1-2,4-5H2,(H2,11,12,15,17)/t7-/m1/s1. The molecular formula is C10H13N3O4. The van der Waals surface area contributed by atoms with Crippen molar-refractivity contribution >= 4 is 5.91 Å². The van der Waals surface area contributed by atoms with Gasteiger partial charge < -0.3 is 15.0 Å². The highest BCUT2D eigenvalue weighted by atomic mass is 16.3. The van der Waals surface area contributed by atoms with E-state index in [-0.39, 0.29) is 18.0 Å². The van der Waals surface area contributed by atoms with Gasteiger partial charge >= 0.3 is 5.69 Å². The number of hydrogen-bond donors (Lipinski definition) is 3. The lowest BCUT2D eigenvalue weighted by Gasteiger charge is -2.14. The molecule has 0 spiro atoms. The predicted octanol–water partition coefficient (Wildman–Crippen LogP) is -1.80. The first-order valence-corrected chi connectivity index (χ1v) is 5.33. The van der Waals surface area contributed by atoms with E-state index in [0.29, 0.717) is 19.5 Å². The average molecular weight is 239 g/mol. The van der Waals surface area contributed by atoms with Crippen molar-refractivity contribution in [2.24, 2.45) is 0 Å². The third kappa shape index (κ3) is 2.82. The van der Waals surface area contributed by atoms with Gasteiger partial charge in [-0.15, -0.1) is 0 Å². The van der Waals surface area contributed by atoms with Gasteiger partial charge in [0, 0.05) is 24.8 Å². The summed E-state index contributed by atoms with van der Waals surface area (Å²) in [5, 5.41) is 9.30. The predicted molar refractivity (Wildman–Crippen MR) is 58.6 cm³/mol. The summed E-state index contributed by atoms with van der Waals surface area (Å²) in [5.74, 6) is -0.206. The van der Waals surface area contributed by atoms with Gasteiger partial charge in [-0.1, -0.05) is 0 Å². The number of amides is 1. The van der Waals surface area contributed by atoms with Crippen LogP contribution in [0, 0.1) is 0 Å². The van der Waals surface area contributed by atoms with E-state index >= 15 is 0 Å². The number of carbonyl (C=O) groups is 1. The van der Waals surface area contributed by atoms with Crippen molar-refractivity contribution in [1.29, 1.82) is 0 Å². The van der Waals surface area contributed by atoms with Crippen LogP contribution in [0.5, 0.6) is 0 Å². The van der Waals surface area contributed by atoms with Crippen molar-refractivity contribution in [2.75, 3.05) is 13.1 Å². The Hall–Kier alpha value is -1.89. The summed E-state index contributed by atoms with van der Waals surface area (Å²) >= 11 is 0. The molecular weight excluding hydrogens is 226 g/mol. The molecule has 0 unspecified atom stereocenters. The molecule has 1 atom stereocenters. The van der Waals surface area contributed by atoms with Crippen LogP contribution in [0.3, 0.4) is 0 Å². The molecule has 7 nitrogen and oxygen atoms in total. The molecule has 1 fully saturated rings. The van der Waals surface area contributed by atoms with Gasteiger partial charge in [0.05, 0.1) is 12.5 Å². The molecule has 1 aromatic heterocycles. The summed E-state index contributed by atoms with van der Waals surface area (Å²) in [5.41, 5.74) is -0.870. The highest BCUT2D eigenvalue weighted by molar-refractivity contribution is 5.78. The molecule has 0 aromatic carbocycles. The average Bonchev–Trinajstić information content (AvgIpc) is 2.63. The Morgan fingerprint density at radius 2 is 2.24 bits per heavy atom. The van der Waals surface area contributed by atoms with Gasteiger partial charge in [0.1, 0.15) is 0 Å². The van der Waals surface area contributed by atoms with Crippen LogP contribution in [-0.4, -0.2) is 45.1 Å². The molecule has 0 bridgehead atoms. The zero-order valence-electron chi connectivity index (χ0n) is 9.10. The van der Waals surface area contributed by atoms with Gasteiger partial charge in [-0.3, -0.25) is 14.6 Å². The number of rotatable bonds is 2. The summed E-state index contributed by atoms with van der Waals surface area (Å²) in [4.78, 5) is 39.7. The van der Waals surface area contributed by atoms with Gasteiger partial charge in [-0.2, -0.15) is 0 Å². The van der Waals surface area contributed by atoms with Crippen LogP contribution < -0.4 is 11.2 Å². The lowest BCUT2D eigenvalue weighted by atomic mass is 10.2. The summed E-state index contributed by atoms with van der Waals surface area (Å²) in [7, 11) is 0. The minimum absolute atomic E-state index is 0.0358. The van der Waals surface area contributed by atoms with Crippen LogP contribution >= 0.6 is 0 Å². The number of likely N-dealkylation sites (tertiary alicyclic amines) is 1. The molecule has 1 amide bonds. The van der Waals surface area contributed by atoms with Crippen LogP contribution in [0.4, 0.5) is 0 Å². The number of nitrogens with one attached hydrogen (secondary N) is 2. The summed E-state index contributed by atoms with van der Waals surface area (Å²) < 4.78 is 0. The minimum Gasteiger partial charge on any atom is -0.391 e. The number of carbonyl (C=O) groups excluding carboxylic acids is 1. The summed E-state index contributed by atoms with van der Waals surface area (Å²) in [6.07, 6.45) is 0.0564. The van der Waals surface area contributed by atoms with Gasteiger partial charge in [-0.05, 0) is 6.42 Å². The monoisotopic (exact) mass is 239 g/mol. The molecule has 17 heavy (non-hydrogen) atoms. The number of aromatic nitrogens is 2. The normalized spacial score (nSPS) is 19.6. The second-order valence-corrected chi connectivity index (χ2v) is 4.07. The summed E-state index contributed by atoms with van der Waals surface area (Å²) in [6.45, 7) is 0.819. The largest absolute Gasteiger partial charge is 0.391 e. The maximum absolute atomic E-state index is 11.8. The zero-order chi connectivity index (χ0) is 12.4. The van der Waals surface area contributed by atoms with E-state index in [1.807, 2.05) is 4.98 Å². The maximum Gasteiger partial charge on any atom is 0.325 e. The molecule has 7 heteroatoms. The minimum atomic E-state index is -0.623. The van der Waals surface area contributed by atoms with Crippen LogP contribution in [0.2, 0.25) is 0 Å². The van der Waals surface area contributed by atoms with E-state index < -0.39 is 17.4 Å². The lowest BCUT2D eigenvalue weighted by Crippen LogP contribution is -2.32.